The molecule has 0 aliphatic rings. The second-order valence-electron chi connectivity index (χ2n) is 4.42. The van der Waals surface area contributed by atoms with Gasteiger partial charge >= 0.3 is 0 Å². The Morgan fingerprint density at radius 3 is 1.95 bits per heavy atom. The summed E-state index contributed by atoms with van der Waals surface area (Å²) in [6.45, 7) is 14.4. The number of hydrogen-bond donors (Lipinski definition) is 0. The fourth-order valence-electron chi connectivity index (χ4n) is 1.47. The van der Waals surface area contributed by atoms with Crippen molar-refractivity contribution in [3.05, 3.63) is 65.8 Å². The van der Waals surface area contributed by atoms with Gasteiger partial charge in [0.05, 0.1) is 0 Å². The van der Waals surface area contributed by atoms with Gasteiger partial charge in [0.25, 0.3) is 0 Å². The van der Waals surface area contributed by atoms with E-state index in [2.05, 4.69) is 63.8 Å². The van der Waals surface area contributed by atoms with Gasteiger partial charge in [-0.05, 0) is 37.5 Å². The van der Waals surface area contributed by atoms with E-state index in [4.69, 9.17) is 0 Å². The van der Waals surface area contributed by atoms with Crippen LogP contribution in [0.4, 0.5) is 0 Å². The summed E-state index contributed by atoms with van der Waals surface area (Å²) in [7, 11) is 0. The first kappa shape index (κ1) is 19.8. The summed E-state index contributed by atoms with van der Waals surface area (Å²) in [5.41, 5.74) is 4.84. The van der Waals surface area contributed by atoms with E-state index in [1.165, 1.54) is 23.1 Å². The third-order valence-corrected chi connectivity index (χ3v) is 2.40. The van der Waals surface area contributed by atoms with Gasteiger partial charge in [0.15, 0.2) is 0 Å². The molecule has 0 saturated heterocycles. The molecule has 0 fully saturated rings. The minimum Gasteiger partial charge on any atom is -0.0955 e. The molecule has 19 heavy (non-hydrogen) atoms. The second-order valence-corrected chi connectivity index (χ2v) is 4.42. The van der Waals surface area contributed by atoms with E-state index in [1.54, 1.807) is 0 Å². The first-order valence-electron chi connectivity index (χ1n) is 6.62. The van der Waals surface area contributed by atoms with Gasteiger partial charge in [0.2, 0.25) is 0 Å². The molecular weight excluding hydrogens is 228 g/mol. The Labute approximate surface area is 120 Å². The minimum atomic E-state index is 0. The Morgan fingerprint density at radius 2 is 1.58 bits per heavy atom. The van der Waals surface area contributed by atoms with Gasteiger partial charge < -0.3 is 0 Å². The highest BCUT2D eigenvalue weighted by molar-refractivity contribution is 5.67. The highest BCUT2D eigenvalue weighted by atomic mass is 14.0. The normalized spacial score (nSPS) is 11.0. The highest BCUT2D eigenvalue weighted by Crippen LogP contribution is 2.18. The first-order valence-corrected chi connectivity index (χ1v) is 6.62. The van der Waals surface area contributed by atoms with Crippen LogP contribution in [0.3, 0.4) is 0 Å². The molecule has 0 nitrogen and oxygen atoms in total. The van der Waals surface area contributed by atoms with E-state index in [1.807, 2.05) is 19.9 Å². The zero-order valence-electron chi connectivity index (χ0n) is 12.5. The molecule has 0 spiro atoms. The van der Waals surface area contributed by atoms with Crippen LogP contribution in [0.1, 0.15) is 54.0 Å². The van der Waals surface area contributed by atoms with Gasteiger partial charge in [-0.3, -0.25) is 0 Å². The Kier molecular flexibility index (Phi) is 12.0. The van der Waals surface area contributed by atoms with Crippen LogP contribution < -0.4 is 0 Å². The fourth-order valence-corrected chi connectivity index (χ4v) is 1.47. The zero-order valence-corrected chi connectivity index (χ0v) is 12.5. The van der Waals surface area contributed by atoms with Gasteiger partial charge in [-0.15, -0.1) is 0 Å². The first-order chi connectivity index (χ1) is 8.56. The Bertz CT molecular complexity index is 405. The molecule has 0 heteroatoms. The molecule has 0 radical (unpaired) electrons. The van der Waals surface area contributed by atoms with Gasteiger partial charge in [-0.1, -0.05) is 82.3 Å². The largest absolute Gasteiger partial charge is 0.0955 e. The molecule has 0 aromatic heterocycles. The van der Waals surface area contributed by atoms with Crippen molar-refractivity contribution in [2.45, 2.75) is 48.5 Å². The molecular formula is C19H30. The minimum absolute atomic E-state index is 0. The lowest BCUT2D eigenvalue weighted by molar-refractivity contribution is 1.09. The molecule has 0 bridgehead atoms. The summed E-state index contributed by atoms with van der Waals surface area (Å²) in [5.74, 6) is 0. The third kappa shape index (κ3) is 8.20. The van der Waals surface area contributed by atoms with Gasteiger partial charge in [0, 0.05) is 0 Å². The molecule has 1 rings (SSSR count). The molecule has 0 N–H and O–H groups in total. The Morgan fingerprint density at radius 1 is 1.11 bits per heavy atom. The number of benzene rings is 1. The highest BCUT2D eigenvalue weighted by Gasteiger charge is 1.96. The quantitative estimate of drug-likeness (QED) is 0.531. The molecule has 0 atom stereocenters. The average molecular weight is 258 g/mol. The van der Waals surface area contributed by atoms with Gasteiger partial charge in [0.1, 0.15) is 0 Å². The molecule has 0 unspecified atom stereocenters. The lowest BCUT2D eigenvalue weighted by atomic mass is 10.0. The van der Waals surface area contributed by atoms with Crippen molar-refractivity contribution in [3.63, 3.8) is 0 Å². The maximum atomic E-state index is 3.96. The fraction of sp³-hybridized carbons (Fsp3) is 0.368. The maximum absolute atomic E-state index is 3.96. The molecule has 1 aromatic rings. The van der Waals surface area contributed by atoms with Crippen LogP contribution in [0.2, 0.25) is 0 Å². The topological polar surface area (TPSA) is 0 Å². The molecule has 0 heterocycles. The number of allylic oxidation sites excluding steroid dienone is 5. The predicted octanol–water partition coefficient (Wildman–Crippen LogP) is 6.66. The number of hydrogen-bond acceptors (Lipinski definition) is 0. The van der Waals surface area contributed by atoms with Crippen LogP contribution in [0.15, 0.2) is 60.2 Å². The van der Waals surface area contributed by atoms with Crippen LogP contribution in [-0.4, -0.2) is 0 Å². The lowest BCUT2D eigenvalue weighted by Crippen LogP contribution is -1.83. The summed E-state index contributed by atoms with van der Waals surface area (Å²) >= 11 is 0. The summed E-state index contributed by atoms with van der Waals surface area (Å²) < 4.78 is 0. The Balaban J connectivity index is 0. The monoisotopic (exact) mass is 258 g/mol. The van der Waals surface area contributed by atoms with Gasteiger partial charge in [-0.2, -0.15) is 0 Å². The molecule has 106 valence electrons. The van der Waals surface area contributed by atoms with E-state index in [0.29, 0.717) is 0 Å². The standard InChI is InChI=1S/C15H18.C3H8.CH4/c1-5-14(12(2)3)11-13(4)15-9-7-6-8-10-15;1-3-2;/h5-11H,2H2,1,3-4H3;3H2,1-2H3;1H4/b13-11+,14-5-;;. The van der Waals surface area contributed by atoms with E-state index in [0.717, 1.165) is 5.57 Å². The predicted molar refractivity (Wildman–Crippen MR) is 91.4 cm³/mol. The molecule has 0 aliphatic carbocycles. The van der Waals surface area contributed by atoms with Crippen LogP contribution in [0, 0.1) is 0 Å². The van der Waals surface area contributed by atoms with Crippen molar-refractivity contribution in [2.75, 3.05) is 0 Å². The van der Waals surface area contributed by atoms with E-state index in [-0.39, 0.29) is 7.43 Å². The van der Waals surface area contributed by atoms with Crippen molar-refractivity contribution in [3.8, 4) is 0 Å². The lowest BCUT2D eigenvalue weighted by Gasteiger charge is -2.04. The van der Waals surface area contributed by atoms with E-state index in [9.17, 15) is 0 Å². The summed E-state index contributed by atoms with van der Waals surface area (Å²) in [5, 5.41) is 0. The van der Waals surface area contributed by atoms with Crippen molar-refractivity contribution in [1.82, 2.24) is 0 Å². The maximum Gasteiger partial charge on any atom is -0.0227 e. The summed E-state index contributed by atoms with van der Waals surface area (Å²) in [4.78, 5) is 0. The Hall–Kier alpha value is -1.56. The second kappa shape index (κ2) is 11.5. The summed E-state index contributed by atoms with van der Waals surface area (Å²) in [6, 6.07) is 10.4. The van der Waals surface area contributed by atoms with Crippen LogP contribution in [-0.2, 0) is 0 Å². The van der Waals surface area contributed by atoms with Crippen LogP contribution >= 0.6 is 0 Å². The van der Waals surface area contributed by atoms with E-state index >= 15 is 0 Å². The van der Waals surface area contributed by atoms with Crippen molar-refractivity contribution < 1.29 is 0 Å². The SMILES string of the molecule is C.C=C(C)C(=C\C)/C=C(\C)c1ccccc1.CCC. The van der Waals surface area contributed by atoms with Gasteiger partial charge in [-0.25, -0.2) is 0 Å². The average Bonchev–Trinajstić information content (AvgIpc) is 2.37. The van der Waals surface area contributed by atoms with Crippen molar-refractivity contribution in [1.29, 1.82) is 0 Å². The molecule has 0 amide bonds. The zero-order chi connectivity index (χ0) is 14.0. The molecule has 1 aromatic carbocycles. The summed E-state index contributed by atoms with van der Waals surface area (Å²) in [6.07, 6.45) is 5.52. The van der Waals surface area contributed by atoms with Crippen LogP contribution in [0.25, 0.3) is 5.57 Å². The molecule has 0 saturated carbocycles. The molecule has 0 aliphatic heterocycles. The van der Waals surface area contributed by atoms with Crippen molar-refractivity contribution in [2.24, 2.45) is 0 Å². The van der Waals surface area contributed by atoms with E-state index < -0.39 is 0 Å². The smallest absolute Gasteiger partial charge is 0.0227 e. The third-order valence-electron chi connectivity index (χ3n) is 2.40. The van der Waals surface area contributed by atoms with Crippen molar-refractivity contribution >= 4 is 5.57 Å². The van der Waals surface area contributed by atoms with Crippen LogP contribution in [0.5, 0.6) is 0 Å². The number of rotatable bonds is 3.